The van der Waals surface area contributed by atoms with Crippen molar-refractivity contribution in [1.29, 1.82) is 0 Å². The average Bonchev–Trinajstić information content (AvgIpc) is 3.14. The molecule has 2 fully saturated rings. The number of nitrogens with zero attached hydrogens (tertiary/aromatic N) is 4. The molecule has 5 rings (SSSR count). The number of azo groups is 1. The van der Waals surface area contributed by atoms with Crippen molar-refractivity contribution in [1.82, 2.24) is 0 Å². The van der Waals surface area contributed by atoms with Gasteiger partial charge < -0.3 is 0 Å². The van der Waals surface area contributed by atoms with E-state index in [1.165, 1.54) is 70.6 Å². The van der Waals surface area contributed by atoms with Gasteiger partial charge in [0.05, 0.1) is 6.04 Å². The van der Waals surface area contributed by atoms with E-state index < -0.39 is 0 Å². The van der Waals surface area contributed by atoms with Gasteiger partial charge >= 0.3 is 0 Å². The SMILES string of the molecule is C1CCCC(C23CCCCC(CC24N=N4)N=N3)CCC1. The molecule has 20 heavy (non-hydrogen) atoms. The third kappa shape index (κ3) is 1.94. The van der Waals surface area contributed by atoms with Gasteiger partial charge in [-0.05, 0) is 31.6 Å². The number of hydrogen-bond acceptors (Lipinski definition) is 4. The molecule has 0 N–H and O–H groups in total. The maximum atomic E-state index is 4.93. The Balaban J connectivity index is 1.65. The largest absolute Gasteiger partial charge is 0.219 e. The van der Waals surface area contributed by atoms with Crippen LogP contribution in [0.25, 0.3) is 0 Å². The van der Waals surface area contributed by atoms with Gasteiger partial charge in [-0.25, -0.2) is 0 Å². The third-order valence-corrected chi connectivity index (χ3v) is 6.08. The molecule has 0 amide bonds. The molecular weight excluding hydrogens is 248 g/mol. The lowest BCUT2D eigenvalue weighted by molar-refractivity contribution is 0.0962. The van der Waals surface area contributed by atoms with Crippen LogP contribution < -0.4 is 0 Å². The molecule has 2 saturated carbocycles. The van der Waals surface area contributed by atoms with Crippen molar-refractivity contribution >= 4 is 0 Å². The fourth-order valence-electron chi connectivity index (χ4n) is 4.86. The van der Waals surface area contributed by atoms with E-state index in [-0.39, 0.29) is 11.2 Å². The summed E-state index contributed by atoms with van der Waals surface area (Å²) in [5.74, 6) is 0.667. The highest BCUT2D eigenvalue weighted by Crippen LogP contribution is 2.57. The van der Waals surface area contributed by atoms with E-state index in [1.54, 1.807) is 0 Å². The topological polar surface area (TPSA) is 49.4 Å². The van der Waals surface area contributed by atoms with Gasteiger partial charge in [0.25, 0.3) is 0 Å². The van der Waals surface area contributed by atoms with Crippen molar-refractivity contribution in [2.24, 2.45) is 26.4 Å². The van der Waals surface area contributed by atoms with Crippen LogP contribution in [0.1, 0.15) is 77.0 Å². The van der Waals surface area contributed by atoms with Gasteiger partial charge in [-0.15, -0.1) is 0 Å². The summed E-state index contributed by atoms with van der Waals surface area (Å²) in [7, 11) is 0. The molecule has 0 radical (unpaired) electrons. The van der Waals surface area contributed by atoms with Crippen molar-refractivity contribution in [2.45, 2.75) is 94.3 Å². The molecule has 1 spiro atoms. The lowest BCUT2D eigenvalue weighted by atomic mass is 9.65. The highest BCUT2D eigenvalue weighted by molar-refractivity contribution is 5.20. The van der Waals surface area contributed by atoms with E-state index >= 15 is 0 Å². The fourth-order valence-corrected chi connectivity index (χ4v) is 4.86. The van der Waals surface area contributed by atoms with Gasteiger partial charge in [0.1, 0.15) is 5.54 Å². The molecule has 4 nitrogen and oxygen atoms in total. The highest BCUT2D eigenvalue weighted by atomic mass is 15.5. The Labute approximate surface area is 121 Å². The molecule has 0 aromatic heterocycles. The summed E-state index contributed by atoms with van der Waals surface area (Å²) in [6.07, 6.45) is 15.6. The molecule has 4 heteroatoms. The first kappa shape index (κ1) is 12.9. The minimum Gasteiger partial charge on any atom is -0.190 e. The number of fused-ring (bicyclic) bond motifs is 3. The Morgan fingerprint density at radius 3 is 2.15 bits per heavy atom. The van der Waals surface area contributed by atoms with Crippen LogP contribution >= 0.6 is 0 Å². The van der Waals surface area contributed by atoms with Crippen LogP contribution in [0.4, 0.5) is 0 Å². The fraction of sp³-hybridized carbons (Fsp3) is 1.00. The minimum absolute atomic E-state index is 0.0543. The van der Waals surface area contributed by atoms with Gasteiger partial charge in [0.15, 0.2) is 0 Å². The summed E-state index contributed by atoms with van der Waals surface area (Å²) in [6, 6.07) is 0.395. The van der Waals surface area contributed by atoms with Crippen molar-refractivity contribution in [3.63, 3.8) is 0 Å². The summed E-state index contributed by atoms with van der Waals surface area (Å²) in [5, 5.41) is 18.7. The molecular formula is C16H26N4. The number of hydrogen-bond donors (Lipinski definition) is 0. The van der Waals surface area contributed by atoms with Gasteiger partial charge in [0, 0.05) is 6.42 Å². The Kier molecular flexibility index (Phi) is 3.15. The van der Waals surface area contributed by atoms with Crippen LogP contribution in [-0.4, -0.2) is 17.2 Å². The first-order valence-electron chi connectivity index (χ1n) is 8.71. The zero-order valence-electron chi connectivity index (χ0n) is 12.4. The van der Waals surface area contributed by atoms with E-state index in [2.05, 4.69) is 10.2 Å². The van der Waals surface area contributed by atoms with E-state index in [4.69, 9.17) is 10.2 Å². The second-order valence-corrected chi connectivity index (χ2v) is 7.30. The summed E-state index contributed by atoms with van der Waals surface area (Å²) in [6.45, 7) is 0. The molecule has 2 bridgehead atoms. The predicted molar refractivity (Wildman–Crippen MR) is 77.9 cm³/mol. The second-order valence-electron chi connectivity index (χ2n) is 7.30. The van der Waals surface area contributed by atoms with Crippen LogP contribution in [0.2, 0.25) is 0 Å². The summed E-state index contributed by atoms with van der Waals surface area (Å²) in [4.78, 5) is 0. The molecule has 2 atom stereocenters. The van der Waals surface area contributed by atoms with Crippen LogP contribution in [0.15, 0.2) is 20.5 Å². The molecule has 0 aromatic carbocycles. The Morgan fingerprint density at radius 2 is 1.40 bits per heavy atom. The zero-order chi connectivity index (χ0) is 13.5. The van der Waals surface area contributed by atoms with E-state index in [1.807, 2.05) is 0 Å². The maximum Gasteiger partial charge on any atom is 0.219 e. The third-order valence-electron chi connectivity index (χ3n) is 6.08. The minimum atomic E-state index is -0.149. The van der Waals surface area contributed by atoms with Gasteiger partial charge in [-0.1, -0.05) is 44.9 Å². The number of rotatable bonds is 1. The summed E-state index contributed by atoms with van der Waals surface area (Å²) >= 11 is 0. The summed E-state index contributed by atoms with van der Waals surface area (Å²) in [5.41, 5.74) is -0.203. The molecule has 0 saturated heterocycles. The monoisotopic (exact) mass is 274 g/mol. The van der Waals surface area contributed by atoms with Crippen LogP contribution in [-0.2, 0) is 0 Å². The van der Waals surface area contributed by atoms with Crippen LogP contribution in [0.5, 0.6) is 0 Å². The predicted octanol–water partition coefficient (Wildman–Crippen LogP) is 5.05. The molecule has 5 aliphatic rings. The van der Waals surface area contributed by atoms with Crippen molar-refractivity contribution in [2.75, 3.05) is 0 Å². The van der Waals surface area contributed by atoms with Gasteiger partial charge in [0.2, 0.25) is 5.66 Å². The normalized spacial score (nSPS) is 40.1. The Morgan fingerprint density at radius 1 is 0.700 bits per heavy atom. The highest BCUT2D eigenvalue weighted by Gasteiger charge is 2.65. The standard InChI is InChI=1S/C16H26N4/c1-2-4-8-13(9-5-3-1)15-11-7-6-10-14(17-18-15)12-16(15)19-20-16/h13-14H,1-12H2. The first-order chi connectivity index (χ1) is 9.85. The molecule has 3 heterocycles. The molecule has 3 aliphatic heterocycles. The van der Waals surface area contributed by atoms with E-state index in [9.17, 15) is 0 Å². The zero-order valence-corrected chi connectivity index (χ0v) is 12.4. The molecule has 2 unspecified atom stereocenters. The molecule has 0 aromatic rings. The van der Waals surface area contributed by atoms with Crippen molar-refractivity contribution in [3.8, 4) is 0 Å². The maximum absolute atomic E-state index is 4.93. The van der Waals surface area contributed by atoms with E-state index in [0.717, 1.165) is 6.42 Å². The summed E-state index contributed by atoms with van der Waals surface area (Å²) < 4.78 is 0. The van der Waals surface area contributed by atoms with E-state index in [0.29, 0.717) is 12.0 Å². The Hall–Kier alpha value is -0.800. The van der Waals surface area contributed by atoms with Crippen molar-refractivity contribution in [3.05, 3.63) is 0 Å². The average molecular weight is 274 g/mol. The van der Waals surface area contributed by atoms with Crippen molar-refractivity contribution < 1.29 is 0 Å². The lowest BCUT2D eigenvalue weighted by Crippen LogP contribution is -2.54. The van der Waals surface area contributed by atoms with Gasteiger partial charge in [-0.3, -0.25) is 0 Å². The lowest BCUT2D eigenvalue weighted by Gasteiger charge is -2.45. The van der Waals surface area contributed by atoms with Gasteiger partial charge in [-0.2, -0.15) is 20.5 Å². The molecule has 110 valence electrons. The molecule has 2 aliphatic carbocycles. The first-order valence-corrected chi connectivity index (χ1v) is 8.71. The van der Waals surface area contributed by atoms with Crippen LogP contribution in [0, 0.1) is 5.92 Å². The smallest absolute Gasteiger partial charge is 0.190 e. The second kappa shape index (κ2) is 4.88. The Bertz CT molecular complexity index is 416. The van der Waals surface area contributed by atoms with Crippen LogP contribution in [0.3, 0.4) is 0 Å². The quantitative estimate of drug-likeness (QED) is 0.642.